The van der Waals surface area contributed by atoms with Gasteiger partial charge >= 0.3 is 12.2 Å². The number of benzene rings is 1. The first kappa shape index (κ1) is 14.4. The maximum atomic E-state index is 14.0. The molecule has 0 saturated heterocycles. The van der Waals surface area contributed by atoms with Crippen molar-refractivity contribution in [3.05, 3.63) is 59.8 Å². The molecule has 0 aromatic heterocycles. The number of carbonyl (C=O) groups excluding carboxylic acids is 1. The molecule has 1 aromatic carbocycles. The molecular weight excluding hydrogens is 295 g/mol. The lowest BCUT2D eigenvalue weighted by Gasteiger charge is -2.46. The van der Waals surface area contributed by atoms with Crippen LogP contribution in [0, 0.1) is 6.92 Å². The van der Waals surface area contributed by atoms with Gasteiger partial charge in [0.2, 0.25) is 5.66 Å². The van der Waals surface area contributed by atoms with Gasteiger partial charge in [0.25, 0.3) is 0 Å². The number of urea groups is 1. The SMILES string of the molecule is Cc1ccc(C2(C(F)(F)F)NC(=O)N=C3C=CC=CN32)cc1. The van der Waals surface area contributed by atoms with E-state index in [1.807, 2.05) is 5.32 Å². The van der Waals surface area contributed by atoms with Crippen LogP contribution in [0.2, 0.25) is 0 Å². The van der Waals surface area contributed by atoms with Crippen LogP contribution in [0.5, 0.6) is 0 Å². The quantitative estimate of drug-likeness (QED) is 0.866. The van der Waals surface area contributed by atoms with Gasteiger partial charge in [-0.1, -0.05) is 35.9 Å². The number of nitrogens with zero attached hydrogens (tertiary/aromatic N) is 2. The third-order valence-corrected chi connectivity index (χ3v) is 3.58. The third kappa shape index (κ3) is 2.01. The second kappa shape index (κ2) is 4.72. The number of amides is 2. The van der Waals surface area contributed by atoms with Crippen LogP contribution in [0.15, 0.2) is 53.7 Å². The molecule has 22 heavy (non-hydrogen) atoms. The molecule has 2 aliphatic rings. The van der Waals surface area contributed by atoms with Crippen LogP contribution in [-0.2, 0) is 5.66 Å². The largest absolute Gasteiger partial charge is 0.435 e. The zero-order chi connectivity index (χ0) is 16.0. The Balaban J connectivity index is 2.25. The molecule has 0 aliphatic carbocycles. The average molecular weight is 307 g/mol. The average Bonchev–Trinajstić information content (AvgIpc) is 2.46. The fourth-order valence-corrected chi connectivity index (χ4v) is 2.53. The molecule has 2 aliphatic heterocycles. The van der Waals surface area contributed by atoms with E-state index in [2.05, 4.69) is 4.99 Å². The summed E-state index contributed by atoms with van der Waals surface area (Å²) in [6, 6.07) is 4.84. The molecule has 0 spiro atoms. The number of amidine groups is 1. The fraction of sp³-hybridized carbons (Fsp3) is 0.200. The molecule has 114 valence electrons. The van der Waals surface area contributed by atoms with Crippen LogP contribution in [-0.4, -0.2) is 22.9 Å². The molecule has 3 rings (SSSR count). The normalized spacial score (nSPS) is 23.9. The molecule has 7 heteroatoms. The van der Waals surface area contributed by atoms with Crippen molar-refractivity contribution in [2.24, 2.45) is 4.99 Å². The molecule has 0 bridgehead atoms. The lowest BCUT2D eigenvalue weighted by molar-refractivity contribution is -0.227. The molecule has 0 saturated carbocycles. The van der Waals surface area contributed by atoms with Gasteiger partial charge in [0, 0.05) is 11.8 Å². The Kier molecular flexibility index (Phi) is 3.09. The van der Waals surface area contributed by atoms with E-state index >= 15 is 0 Å². The van der Waals surface area contributed by atoms with Crippen molar-refractivity contribution in [1.82, 2.24) is 10.2 Å². The topological polar surface area (TPSA) is 44.7 Å². The molecule has 1 N–H and O–H groups in total. The number of hydrogen-bond acceptors (Lipinski definition) is 2. The number of fused-ring (bicyclic) bond motifs is 1. The standard InChI is InChI=1S/C15H12F3N3O/c1-10-5-7-11(8-6-10)14(15(16,17)18)20-13(22)19-12-4-2-3-9-21(12)14/h2-9H,1H3,(H,20,22). The number of halogens is 3. The van der Waals surface area contributed by atoms with Crippen molar-refractivity contribution < 1.29 is 18.0 Å². The molecular formula is C15H12F3N3O. The number of nitrogens with one attached hydrogen (secondary N) is 1. The lowest BCUT2D eigenvalue weighted by Crippen LogP contribution is -2.68. The Bertz CT molecular complexity index is 704. The van der Waals surface area contributed by atoms with Crippen LogP contribution in [0.4, 0.5) is 18.0 Å². The second-order valence-electron chi connectivity index (χ2n) is 5.04. The number of aliphatic imine (C=N–C) groups is 1. The van der Waals surface area contributed by atoms with Crippen molar-refractivity contribution in [2.75, 3.05) is 0 Å². The number of allylic oxidation sites excluding steroid dienone is 2. The Morgan fingerprint density at radius 2 is 1.86 bits per heavy atom. The summed E-state index contributed by atoms with van der Waals surface area (Å²) < 4.78 is 41.9. The number of aryl methyl sites for hydroxylation is 1. The monoisotopic (exact) mass is 307 g/mol. The van der Waals surface area contributed by atoms with Gasteiger partial charge in [-0.3, -0.25) is 4.90 Å². The van der Waals surface area contributed by atoms with Crippen molar-refractivity contribution in [2.45, 2.75) is 18.8 Å². The van der Waals surface area contributed by atoms with Crippen LogP contribution in [0.3, 0.4) is 0 Å². The smallest absolute Gasteiger partial charge is 0.301 e. The summed E-state index contributed by atoms with van der Waals surface area (Å²) in [6.45, 7) is 1.78. The van der Waals surface area contributed by atoms with Crippen molar-refractivity contribution in [3.8, 4) is 0 Å². The summed E-state index contributed by atoms with van der Waals surface area (Å²) in [5.41, 5.74) is -1.92. The van der Waals surface area contributed by atoms with Gasteiger partial charge in [-0.05, 0) is 19.1 Å². The van der Waals surface area contributed by atoms with E-state index in [1.165, 1.54) is 36.6 Å². The molecule has 2 heterocycles. The molecule has 1 atom stereocenters. The lowest BCUT2D eigenvalue weighted by atomic mass is 9.94. The predicted molar refractivity (Wildman–Crippen MR) is 75.0 cm³/mol. The summed E-state index contributed by atoms with van der Waals surface area (Å²) in [7, 11) is 0. The van der Waals surface area contributed by atoms with E-state index in [0.717, 1.165) is 10.5 Å². The van der Waals surface area contributed by atoms with E-state index < -0.39 is 17.9 Å². The second-order valence-corrected chi connectivity index (χ2v) is 5.04. The van der Waals surface area contributed by atoms with Crippen molar-refractivity contribution in [1.29, 1.82) is 0 Å². The highest BCUT2D eigenvalue weighted by Gasteiger charge is 2.63. The minimum atomic E-state index is -4.74. The van der Waals surface area contributed by atoms with Crippen LogP contribution >= 0.6 is 0 Å². The highest BCUT2D eigenvalue weighted by Crippen LogP contribution is 2.44. The zero-order valence-electron chi connectivity index (χ0n) is 11.6. The first-order valence-corrected chi connectivity index (χ1v) is 6.53. The highest BCUT2D eigenvalue weighted by molar-refractivity contribution is 6.04. The Labute approximate surface area is 124 Å². The van der Waals surface area contributed by atoms with Crippen LogP contribution in [0.1, 0.15) is 11.1 Å². The van der Waals surface area contributed by atoms with Crippen LogP contribution < -0.4 is 5.32 Å². The van der Waals surface area contributed by atoms with Gasteiger partial charge in [-0.25, -0.2) is 4.79 Å². The molecule has 0 fully saturated rings. The number of alkyl halides is 3. The molecule has 4 nitrogen and oxygen atoms in total. The van der Waals surface area contributed by atoms with E-state index in [4.69, 9.17) is 0 Å². The van der Waals surface area contributed by atoms with Crippen molar-refractivity contribution in [3.63, 3.8) is 0 Å². The maximum absolute atomic E-state index is 14.0. The van der Waals surface area contributed by atoms with Gasteiger partial charge in [0.05, 0.1) is 0 Å². The van der Waals surface area contributed by atoms with E-state index in [-0.39, 0.29) is 11.4 Å². The third-order valence-electron chi connectivity index (χ3n) is 3.58. The van der Waals surface area contributed by atoms with Gasteiger partial charge in [-0.2, -0.15) is 18.2 Å². The van der Waals surface area contributed by atoms with Crippen LogP contribution in [0.25, 0.3) is 0 Å². The maximum Gasteiger partial charge on any atom is 0.435 e. The molecule has 1 aromatic rings. The van der Waals surface area contributed by atoms with Gasteiger partial charge < -0.3 is 5.32 Å². The van der Waals surface area contributed by atoms with Crippen molar-refractivity contribution >= 4 is 11.9 Å². The summed E-state index contributed by atoms with van der Waals surface area (Å²) in [5, 5.41) is 1.99. The minimum Gasteiger partial charge on any atom is -0.301 e. The summed E-state index contributed by atoms with van der Waals surface area (Å²) >= 11 is 0. The minimum absolute atomic E-state index is 0.0517. The summed E-state index contributed by atoms with van der Waals surface area (Å²) in [4.78, 5) is 16.3. The Hall–Kier alpha value is -2.57. The number of hydrogen-bond donors (Lipinski definition) is 1. The van der Waals surface area contributed by atoms with E-state index in [1.54, 1.807) is 19.1 Å². The number of rotatable bonds is 1. The predicted octanol–water partition coefficient (Wildman–Crippen LogP) is 3.22. The zero-order valence-corrected chi connectivity index (χ0v) is 11.6. The van der Waals surface area contributed by atoms with Gasteiger partial charge in [0.15, 0.2) is 0 Å². The summed E-state index contributed by atoms with van der Waals surface area (Å²) in [5.74, 6) is -0.0517. The van der Waals surface area contributed by atoms with E-state index in [0.29, 0.717) is 0 Å². The Morgan fingerprint density at radius 1 is 1.18 bits per heavy atom. The molecule has 2 amide bonds. The highest BCUT2D eigenvalue weighted by atomic mass is 19.4. The first-order chi connectivity index (χ1) is 10.3. The molecule has 1 unspecified atom stereocenters. The number of carbonyl (C=O) groups is 1. The molecule has 0 radical (unpaired) electrons. The first-order valence-electron chi connectivity index (χ1n) is 6.53. The Morgan fingerprint density at radius 3 is 2.50 bits per heavy atom. The van der Waals surface area contributed by atoms with Gasteiger partial charge in [-0.15, -0.1) is 0 Å². The summed E-state index contributed by atoms with van der Waals surface area (Å²) in [6.07, 6.45) is 0.878. The van der Waals surface area contributed by atoms with E-state index in [9.17, 15) is 18.0 Å². The fourth-order valence-electron chi connectivity index (χ4n) is 2.53. The van der Waals surface area contributed by atoms with Gasteiger partial charge in [0.1, 0.15) is 5.84 Å².